The van der Waals surface area contributed by atoms with Crippen LogP contribution >= 0.6 is 0 Å². The first-order valence-electron chi connectivity index (χ1n) is 11.9. The van der Waals surface area contributed by atoms with Gasteiger partial charge in [0.05, 0.1) is 22.4 Å². The summed E-state index contributed by atoms with van der Waals surface area (Å²) in [6.07, 6.45) is 5.34. The molecule has 7 rings (SSSR count). The number of imide groups is 1. The normalized spacial score (nSPS) is 29.7. The number of allylic oxidation sites excluding steroid dienone is 2. The number of hydrogen-bond donors (Lipinski definition) is 0. The molecule has 2 aromatic carbocycles. The van der Waals surface area contributed by atoms with E-state index in [2.05, 4.69) is 12.2 Å². The van der Waals surface area contributed by atoms with Crippen molar-refractivity contribution in [3.8, 4) is 0 Å². The van der Waals surface area contributed by atoms with Gasteiger partial charge in [-0.1, -0.05) is 30.4 Å². The topological polar surface area (TPSA) is 101 Å². The molecule has 2 bridgehead atoms. The molecule has 35 heavy (non-hydrogen) atoms. The molecule has 2 aromatic rings. The Morgan fingerprint density at radius 1 is 0.971 bits per heavy atom. The lowest BCUT2D eigenvalue weighted by Crippen LogP contribution is -2.45. The monoisotopic (exact) mass is 471 g/mol. The largest absolute Gasteiger partial charge is 0.289 e. The van der Waals surface area contributed by atoms with Gasteiger partial charge in [0.1, 0.15) is 6.67 Å². The Kier molecular flexibility index (Phi) is 4.71. The molecular weight excluding hydrogens is 446 g/mol. The number of non-ortho nitro benzene ring substituents is 1. The quantitative estimate of drug-likeness (QED) is 0.285. The number of benzene rings is 2. The van der Waals surface area contributed by atoms with Gasteiger partial charge in [0.15, 0.2) is 0 Å². The van der Waals surface area contributed by atoms with Crippen LogP contribution in [-0.2, 0) is 9.59 Å². The summed E-state index contributed by atoms with van der Waals surface area (Å²) in [5.41, 5.74) is 2.43. The molecule has 1 aliphatic heterocycles. The van der Waals surface area contributed by atoms with Gasteiger partial charge in [-0.05, 0) is 67.2 Å². The fourth-order valence-electron chi connectivity index (χ4n) is 6.65. The third-order valence-corrected chi connectivity index (χ3v) is 8.32. The number of nitrogens with zero attached hydrogens (tertiary/aromatic N) is 3. The third kappa shape index (κ3) is 3.16. The molecule has 178 valence electrons. The molecule has 8 nitrogen and oxygen atoms in total. The van der Waals surface area contributed by atoms with Crippen LogP contribution < -0.4 is 4.90 Å². The van der Waals surface area contributed by atoms with Crippen LogP contribution in [0, 0.1) is 59.5 Å². The molecule has 3 fully saturated rings. The minimum absolute atomic E-state index is 0.107. The van der Waals surface area contributed by atoms with E-state index < -0.39 is 10.8 Å². The molecule has 0 aromatic heterocycles. The van der Waals surface area contributed by atoms with Gasteiger partial charge in [-0.3, -0.25) is 34.3 Å². The standard InChI is InChI=1S/C27H25N3O5/c1-14-4-3-5-15(2)24(14)28(25(31)16-6-8-17(9-7-16)30(34)35)13-29-26(32)22-18-10-11-19(21-12-20(18)21)23(22)27(29)33/h3-11,18-23H,12-13H2,1-2H3. The Morgan fingerprint density at radius 3 is 2.03 bits per heavy atom. The van der Waals surface area contributed by atoms with E-state index in [4.69, 9.17) is 0 Å². The number of rotatable bonds is 5. The number of aryl methyl sites for hydroxylation is 2. The Balaban J connectivity index is 1.36. The zero-order chi connectivity index (χ0) is 24.6. The van der Waals surface area contributed by atoms with Crippen molar-refractivity contribution in [1.29, 1.82) is 0 Å². The van der Waals surface area contributed by atoms with Crippen LogP contribution in [0.3, 0.4) is 0 Å². The van der Waals surface area contributed by atoms with Gasteiger partial charge in [-0.15, -0.1) is 0 Å². The Bertz CT molecular complexity index is 1260. The highest BCUT2D eigenvalue weighted by Gasteiger charge is 2.67. The molecule has 1 heterocycles. The molecule has 6 unspecified atom stereocenters. The Hall–Kier alpha value is -3.81. The minimum atomic E-state index is -0.520. The first-order chi connectivity index (χ1) is 16.8. The number of amides is 3. The van der Waals surface area contributed by atoms with E-state index in [1.165, 1.54) is 34.1 Å². The summed E-state index contributed by atoms with van der Waals surface area (Å²) in [6.45, 7) is 3.58. The smallest absolute Gasteiger partial charge is 0.269 e. The number of likely N-dealkylation sites (tertiary alicyclic amines) is 1. The lowest BCUT2D eigenvalue weighted by molar-refractivity contribution is -0.384. The van der Waals surface area contributed by atoms with Gasteiger partial charge in [0.25, 0.3) is 11.6 Å². The minimum Gasteiger partial charge on any atom is -0.289 e. The summed E-state index contributed by atoms with van der Waals surface area (Å²) < 4.78 is 0. The van der Waals surface area contributed by atoms with Gasteiger partial charge in [-0.25, -0.2) is 0 Å². The summed E-state index contributed by atoms with van der Waals surface area (Å²) in [7, 11) is 0. The maximum absolute atomic E-state index is 13.7. The predicted octanol–water partition coefficient (Wildman–Crippen LogP) is 3.87. The van der Waals surface area contributed by atoms with Gasteiger partial charge < -0.3 is 0 Å². The van der Waals surface area contributed by atoms with Crippen molar-refractivity contribution in [1.82, 2.24) is 4.90 Å². The summed E-state index contributed by atoms with van der Waals surface area (Å²) >= 11 is 0. The molecular formula is C27H25N3O5. The number of carbonyl (C=O) groups is 3. The van der Waals surface area contributed by atoms with E-state index in [0.717, 1.165) is 17.5 Å². The molecule has 0 spiro atoms. The van der Waals surface area contributed by atoms with Gasteiger partial charge in [0, 0.05) is 17.7 Å². The highest BCUT2D eigenvalue weighted by molar-refractivity contribution is 6.10. The van der Waals surface area contributed by atoms with E-state index in [9.17, 15) is 24.5 Å². The van der Waals surface area contributed by atoms with Crippen LogP contribution in [0.4, 0.5) is 11.4 Å². The van der Waals surface area contributed by atoms with Crippen LogP contribution in [0.25, 0.3) is 0 Å². The fraction of sp³-hybridized carbons (Fsp3) is 0.370. The number of nitro groups is 1. The first-order valence-corrected chi connectivity index (χ1v) is 11.9. The number of hydrogen-bond acceptors (Lipinski definition) is 5. The molecule has 0 N–H and O–H groups in total. The van der Waals surface area contributed by atoms with Crippen molar-refractivity contribution in [3.05, 3.63) is 81.4 Å². The molecule has 2 saturated carbocycles. The van der Waals surface area contributed by atoms with Crippen LogP contribution in [-0.4, -0.2) is 34.2 Å². The lowest BCUT2D eigenvalue weighted by Gasteiger charge is -2.37. The van der Waals surface area contributed by atoms with Crippen molar-refractivity contribution in [2.45, 2.75) is 20.3 Å². The summed E-state index contributed by atoms with van der Waals surface area (Å²) in [5.74, 6) is -0.276. The zero-order valence-electron chi connectivity index (χ0n) is 19.5. The lowest BCUT2D eigenvalue weighted by atomic mass is 9.63. The number of nitro benzene ring substituents is 1. The van der Waals surface area contributed by atoms with Crippen molar-refractivity contribution < 1.29 is 19.3 Å². The Morgan fingerprint density at radius 2 is 1.51 bits per heavy atom. The maximum Gasteiger partial charge on any atom is 0.269 e. The van der Waals surface area contributed by atoms with Gasteiger partial charge in [0.2, 0.25) is 11.8 Å². The summed E-state index contributed by atoms with van der Waals surface area (Å²) in [5, 5.41) is 11.1. The SMILES string of the molecule is Cc1cccc(C)c1N(CN1C(=O)C2C3C=CC(C4CC34)C2C1=O)C(=O)c1ccc([N+](=O)[O-])cc1. The Labute approximate surface area is 202 Å². The van der Waals surface area contributed by atoms with Gasteiger partial charge >= 0.3 is 0 Å². The molecule has 0 radical (unpaired) electrons. The predicted molar refractivity (Wildman–Crippen MR) is 127 cm³/mol. The van der Waals surface area contributed by atoms with E-state index in [1.807, 2.05) is 32.0 Å². The molecule has 3 amide bonds. The first kappa shape index (κ1) is 21.7. The van der Waals surface area contributed by atoms with Crippen LogP contribution in [0.2, 0.25) is 0 Å². The number of carbonyl (C=O) groups excluding carboxylic acids is 3. The highest BCUT2D eigenvalue weighted by Crippen LogP contribution is 2.65. The van der Waals surface area contributed by atoms with Crippen molar-refractivity contribution in [3.63, 3.8) is 0 Å². The van der Waals surface area contributed by atoms with E-state index in [0.29, 0.717) is 17.5 Å². The average molecular weight is 472 g/mol. The molecule has 1 saturated heterocycles. The number of anilines is 1. The third-order valence-electron chi connectivity index (χ3n) is 8.32. The fourth-order valence-corrected chi connectivity index (χ4v) is 6.65. The van der Waals surface area contributed by atoms with Crippen LogP contribution in [0.1, 0.15) is 27.9 Å². The zero-order valence-corrected chi connectivity index (χ0v) is 19.5. The average Bonchev–Trinajstić information content (AvgIpc) is 3.63. The summed E-state index contributed by atoms with van der Waals surface area (Å²) in [6, 6.07) is 11.0. The second-order valence-corrected chi connectivity index (χ2v) is 10.2. The van der Waals surface area contributed by atoms with Crippen LogP contribution in [0.5, 0.6) is 0 Å². The molecule has 6 atom stereocenters. The van der Waals surface area contributed by atoms with E-state index >= 15 is 0 Å². The van der Waals surface area contributed by atoms with E-state index in [-0.39, 0.29) is 53.4 Å². The van der Waals surface area contributed by atoms with E-state index in [1.54, 1.807) is 0 Å². The van der Waals surface area contributed by atoms with Gasteiger partial charge in [-0.2, -0.15) is 0 Å². The molecule has 5 aliphatic rings. The molecule has 4 aliphatic carbocycles. The maximum atomic E-state index is 13.7. The molecule has 8 heteroatoms. The van der Waals surface area contributed by atoms with Crippen molar-refractivity contribution in [2.75, 3.05) is 11.6 Å². The van der Waals surface area contributed by atoms with Crippen molar-refractivity contribution >= 4 is 29.1 Å². The number of para-hydroxylation sites is 1. The van der Waals surface area contributed by atoms with Crippen molar-refractivity contribution in [2.24, 2.45) is 35.5 Å². The second kappa shape index (κ2) is 7.60. The second-order valence-electron chi connectivity index (χ2n) is 10.2. The van der Waals surface area contributed by atoms with Crippen LogP contribution in [0.15, 0.2) is 54.6 Å². The highest BCUT2D eigenvalue weighted by atomic mass is 16.6. The summed E-state index contributed by atoms with van der Waals surface area (Å²) in [4.78, 5) is 54.2.